The third-order valence-electron chi connectivity index (χ3n) is 4.74. The Balaban J connectivity index is 1.67. The summed E-state index contributed by atoms with van der Waals surface area (Å²) >= 11 is 12.0. The van der Waals surface area contributed by atoms with Crippen LogP contribution in [-0.4, -0.2) is 9.97 Å². The fraction of sp³-hybridized carbons (Fsp3) is 0.400. The Hall–Kier alpha value is -1.38. The van der Waals surface area contributed by atoms with E-state index in [4.69, 9.17) is 23.2 Å². The molecule has 0 spiro atoms. The molecule has 0 bridgehead atoms. The molecule has 1 fully saturated rings. The number of hydrogen-bond donors (Lipinski definition) is 0. The predicted octanol–water partition coefficient (Wildman–Crippen LogP) is 6.69. The maximum Gasteiger partial charge on any atom is 0.159 e. The van der Waals surface area contributed by atoms with Crippen LogP contribution in [0.15, 0.2) is 42.7 Å². The van der Waals surface area contributed by atoms with E-state index in [2.05, 4.69) is 29.0 Å². The molecule has 2 aromatic rings. The summed E-state index contributed by atoms with van der Waals surface area (Å²) in [6.07, 6.45) is 14.7. The van der Waals surface area contributed by atoms with Crippen molar-refractivity contribution in [3.05, 3.63) is 58.4 Å². The van der Waals surface area contributed by atoms with Crippen LogP contribution in [0.5, 0.6) is 0 Å². The first-order valence-electron chi connectivity index (χ1n) is 8.61. The van der Waals surface area contributed by atoms with E-state index in [1.165, 1.54) is 31.2 Å². The molecule has 1 aromatic heterocycles. The molecular weight excluding hydrogens is 339 g/mol. The van der Waals surface area contributed by atoms with Crippen molar-refractivity contribution in [2.75, 3.05) is 0 Å². The third kappa shape index (κ3) is 4.17. The first-order chi connectivity index (χ1) is 11.7. The fourth-order valence-corrected chi connectivity index (χ4v) is 3.60. The fourth-order valence-electron chi connectivity index (χ4n) is 3.31. The molecule has 24 heavy (non-hydrogen) atoms. The zero-order valence-corrected chi connectivity index (χ0v) is 15.4. The summed E-state index contributed by atoms with van der Waals surface area (Å²) in [5.74, 6) is 2.02. The Bertz CT molecular complexity index is 702. The number of hydrogen-bond acceptors (Lipinski definition) is 2. The number of rotatable bonds is 4. The maximum atomic E-state index is 6.07. The molecule has 4 heteroatoms. The zero-order valence-electron chi connectivity index (χ0n) is 13.9. The number of allylic oxidation sites excluding steroid dienone is 2. The summed E-state index contributed by atoms with van der Waals surface area (Å²) in [6, 6.07) is 5.49. The lowest BCUT2D eigenvalue weighted by atomic mass is 9.79. The van der Waals surface area contributed by atoms with Gasteiger partial charge in [0.2, 0.25) is 0 Å². The first-order valence-corrected chi connectivity index (χ1v) is 9.37. The van der Waals surface area contributed by atoms with Gasteiger partial charge in [0.15, 0.2) is 5.82 Å². The van der Waals surface area contributed by atoms with Crippen molar-refractivity contribution in [2.24, 2.45) is 5.92 Å². The molecule has 0 radical (unpaired) electrons. The van der Waals surface area contributed by atoms with Gasteiger partial charge in [0, 0.05) is 18.0 Å². The van der Waals surface area contributed by atoms with Crippen LogP contribution >= 0.6 is 23.2 Å². The van der Waals surface area contributed by atoms with E-state index in [-0.39, 0.29) is 0 Å². The molecule has 0 saturated heterocycles. The van der Waals surface area contributed by atoms with Gasteiger partial charge in [-0.15, -0.1) is 0 Å². The Morgan fingerprint density at radius 3 is 2.38 bits per heavy atom. The Morgan fingerprint density at radius 1 is 1.04 bits per heavy atom. The van der Waals surface area contributed by atoms with Crippen molar-refractivity contribution in [2.45, 2.75) is 44.9 Å². The minimum absolute atomic E-state index is 0.528. The monoisotopic (exact) mass is 360 g/mol. The maximum absolute atomic E-state index is 6.07. The average molecular weight is 361 g/mol. The SMILES string of the molecule is CC/C=C/[C@H]1CC[C@H](c2cnc(-c3ccc(Cl)c(Cl)c3)nc2)CC1. The second-order valence-corrected chi connectivity index (χ2v) is 7.23. The second-order valence-electron chi connectivity index (χ2n) is 6.42. The molecule has 0 amide bonds. The van der Waals surface area contributed by atoms with Crippen molar-refractivity contribution in [1.82, 2.24) is 9.97 Å². The van der Waals surface area contributed by atoms with E-state index in [9.17, 15) is 0 Å². The van der Waals surface area contributed by atoms with Crippen LogP contribution in [-0.2, 0) is 0 Å². The number of aromatic nitrogens is 2. The quantitative estimate of drug-likeness (QED) is 0.567. The summed E-state index contributed by atoms with van der Waals surface area (Å²) in [6.45, 7) is 2.19. The van der Waals surface area contributed by atoms with Gasteiger partial charge in [-0.1, -0.05) is 42.3 Å². The molecule has 0 atom stereocenters. The highest BCUT2D eigenvalue weighted by atomic mass is 35.5. The summed E-state index contributed by atoms with van der Waals surface area (Å²) in [7, 11) is 0. The van der Waals surface area contributed by atoms with Crippen molar-refractivity contribution in [3.63, 3.8) is 0 Å². The van der Waals surface area contributed by atoms with Crippen molar-refractivity contribution in [1.29, 1.82) is 0 Å². The number of benzene rings is 1. The largest absolute Gasteiger partial charge is 0.236 e. The molecule has 1 heterocycles. The van der Waals surface area contributed by atoms with Crippen LogP contribution < -0.4 is 0 Å². The number of halogens is 2. The van der Waals surface area contributed by atoms with E-state index >= 15 is 0 Å². The van der Waals surface area contributed by atoms with Gasteiger partial charge in [-0.2, -0.15) is 0 Å². The highest BCUT2D eigenvalue weighted by Gasteiger charge is 2.21. The zero-order chi connectivity index (χ0) is 16.9. The van der Waals surface area contributed by atoms with Gasteiger partial charge in [0.1, 0.15) is 0 Å². The van der Waals surface area contributed by atoms with Gasteiger partial charge < -0.3 is 0 Å². The minimum atomic E-state index is 0.528. The van der Waals surface area contributed by atoms with Gasteiger partial charge in [-0.25, -0.2) is 9.97 Å². The normalized spacial score (nSPS) is 21.3. The van der Waals surface area contributed by atoms with E-state index in [1.54, 1.807) is 6.07 Å². The minimum Gasteiger partial charge on any atom is -0.236 e. The van der Waals surface area contributed by atoms with Crippen molar-refractivity contribution < 1.29 is 0 Å². The molecule has 1 aromatic carbocycles. The Kier molecular flexibility index (Phi) is 5.91. The lowest BCUT2D eigenvalue weighted by Crippen LogP contribution is -2.12. The van der Waals surface area contributed by atoms with Crippen molar-refractivity contribution >= 4 is 23.2 Å². The molecule has 0 unspecified atom stereocenters. The average Bonchev–Trinajstić information content (AvgIpc) is 2.63. The molecular formula is C20H22Cl2N2. The smallest absolute Gasteiger partial charge is 0.159 e. The van der Waals surface area contributed by atoms with Crippen LogP contribution in [0.25, 0.3) is 11.4 Å². The summed E-state index contributed by atoms with van der Waals surface area (Å²) in [5.41, 5.74) is 2.14. The second kappa shape index (κ2) is 8.13. The highest BCUT2D eigenvalue weighted by molar-refractivity contribution is 6.42. The Morgan fingerprint density at radius 2 is 1.75 bits per heavy atom. The standard InChI is InChI=1S/C20H22Cl2N2/c1-2-3-4-14-5-7-15(8-6-14)17-12-23-20(24-13-17)16-9-10-18(21)19(22)11-16/h3-4,9-15H,2,5-8H2,1H3/b4-3+/t14-,15-. The van der Waals surface area contributed by atoms with Crippen LogP contribution in [0.4, 0.5) is 0 Å². The van der Waals surface area contributed by atoms with E-state index < -0.39 is 0 Å². The Labute approximate surface area is 153 Å². The molecule has 0 aliphatic heterocycles. The molecule has 1 aliphatic carbocycles. The predicted molar refractivity (Wildman–Crippen MR) is 102 cm³/mol. The third-order valence-corrected chi connectivity index (χ3v) is 5.48. The van der Waals surface area contributed by atoms with Crippen LogP contribution in [0, 0.1) is 5.92 Å². The van der Waals surface area contributed by atoms with E-state index in [0.29, 0.717) is 21.8 Å². The van der Waals surface area contributed by atoms with Crippen LogP contribution in [0.2, 0.25) is 10.0 Å². The molecule has 0 N–H and O–H groups in total. The highest BCUT2D eigenvalue weighted by Crippen LogP contribution is 2.36. The van der Waals surface area contributed by atoms with Gasteiger partial charge in [0.05, 0.1) is 10.0 Å². The van der Waals surface area contributed by atoms with Gasteiger partial charge in [0.25, 0.3) is 0 Å². The first kappa shape index (κ1) is 17.4. The van der Waals surface area contributed by atoms with E-state index in [1.807, 2.05) is 24.5 Å². The van der Waals surface area contributed by atoms with Gasteiger partial charge in [-0.3, -0.25) is 0 Å². The molecule has 2 nitrogen and oxygen atoms in total. The summed E-state index contributed by atoms with van der Waals surface area (Å²) < 4.78 is 0. The van der Waals surface area contributed by atoms with Crippen molar-refractivity contribution in [3.8, 4) is 11.4 Å². The van der Waals surface area contributed by atoms with Gasteiger partial charge in [-0.05, 0) is 67.7 Å². The topological polar surface area (TPSA) is 25.8 Å². The molecule has 3 rings (SSSR count). The van der Waals surface area contributed by atoms with E-state index in [0.717, 1.165) is 17.9 Å². The van der Waals surface area contributed by atoms with Gasteiger partial charge >= 0.3 is 0 Å². The summed E-state index contributed by atoms with van der Waals surface area (Å²) in [4.78, 5) is 9.07. The lowest BCUT2D eigenvalue weighted by molar-refractivity contribution is 0.374. The summed E-state index contributed by atoms with van der Waals surface area (Å²) in [5, 5.41) is 1.08. The van der Waals surface area contributed by atoms with Crippen LogP contribution in [0.1, 0.15) is 50.5 Å². The molecule has 1 saturated carbocycles. The lowest BCUT2D eigenvalue weighted by Gasteiger charge is -2.26. The molecule has 126 valence electrons. The van der Waals surface area contributed by atoms with Crippen LogP contribution in [0.3, 0.4) is 0 Å². The number of nitrogens with zero attached hydrogens (tertiary/aromatic N) is 2. The molecule has 1 aliphatic rings.